The number of rotatable bonds is 12. The monoisotopic (exact) mass is 494 g/mol. The van der Waals surface area contributed by atoms with Crippen molar-refractivity contribution < 1.29 is 15.3 Å². The molecule has 0 aliphatic carbocycles. The molecule has 2 heterocycles. The van der Waals surface area contributed by atoms with Crippen LogP contribution in [0.5, 0.6) is 5.75 Å². The zero-order valence-corrected chi connectivity index (χ0v) is 20.1. The van der Waals surface area contributed by atoms with E-state index in [1.165, 1.54) is 11.6 Å². The van der Waals surface area contributed by atoms with Crippen LogP contribution in [0.1, 0.15) is 28.8 Å². The van der Waals surface area contributed by atoms with Gasteiger partial charge in [0, 0.05) is 31.4 Å². The van der Waals surface area contributed by atoms with Gasteiger partial charge < -0.3 is 25.6 Å². The van der Waals surface area contributed by atoms with Crippen molar-refractivity contribution in [3.8, 4) is 5.75 Å². The fourth-order valence-electron chi connectivity index (χ4n) is 4.02. The van der Waals surface area contributed by atoms with E-state index in [-0.39, 0.29) is 17.0 Å². The third-order valence-electron chi connectivity index (χ3n) is 5.73. The largest absolute Gasteiger partial charge is 0.506 e. The van der Waals surface area contributed by atoms with Crippen LogP contribution in [-0.4, -0.2) is 44.3 Å². The molecule has 6 N–H and O–H groups in total. The number of aromatic hydroxyl groups is 1. The van der Waals surface area contributed by atoms with Crippen molar-refractivity contribution >= 4 is 21.6 Å². The minimum absolute atomic E-state index is 0.0425. The number of nitrogens with zero attached hydrogens (tertiary/aromatic N) is 1. The number of aromatic amines is 1. The first-order valence-electron chi connectivity index (χ1n) is 11.6. The van der Waals surface area contributed by atoms with Crippen molar-refractivity contribution in [3.63, 3.8) is 0 Å². The van der Waals surface area contributed by atoms with E-state index in [1.54, 1.807) is 6.07 Å². The first-order chi connectivity index (χ1) is 16.9. The van der Waals surface area contributed by atoms with Gasteiger partial charge in [-0.25, -0.2) is 0 Å². The number of hydrogen-bond donors (Lipinski definition) is 6. The summed E-state index contributed by atoms with van der Waals surface area (Å²) in [6.07, 6.45) is 4.28. The minimum atomic E-state index is -2.15. The molecule has 35 heavy (non-hydrogen) atoms. The lowest BCUT2D eigenvalue weighted by molar-refractivity contribution is -0.183. The number of hydrogen-bond acceptors (Lipinski definition) is 8. The molecule has 0 aliphatic heterocycles. The highest BCUT2D eigenvalue weighted by molar-refractivity contribution is 7.16. The Labute approximate surface area is 207 Å². The average Bonchev–Trinajstić information content (AvgIpc) is 3.24. The molecule has 0 aliphatic rings. The molecule has 0 unspecified atom stereocenters. The number of phenolic OH excluding ortho intramolecular Hbond substituents is 1. The van der Waals surface area contributed by atoms with E-state index in [0.29, 0.717) is 28.7 Å². The fourth-order valence-corrected chi connectivity index (χ4v) is 4.88. The van der Waals surface area contributed by atoms with Crippen LogP contribution in [0.2, 0.25) is 0 Å². The maximum absolute atomic E-state index is 11.7. The molecule has 0 amide bonds. The number of fused-ring (bicyclic) bond motifs is 1. The summed E-state index contributed by atoms with van der Waals surface area (Å²) in [4.78, 5) is 18.3. The van der Waals surface area contributed by atoms with Gasteiger partial charge in [-0.2, -0.15) is 0 Å². The molecule has 2 aromatic heterocycles. The number of aryl methyl sites for hydroxylation is 1. The molecule has 4 aromatic rings. The van der Waals surface area contributed by atoms with Crippen LogP contribution in [0.25, 0.3) is 10.2 Å². The molecule has 4 rings (SSSR count). The highest BCUT2D eigenvalue weighted by Gasteiger charge is 2.25. The average molecular weight is 495 g/mol. The number of phenols is 1. The summed E-state index contributed by atoms with van der Waals surface area (Å²) in [5.41, 5.74) is 4.25. The Morgan fingerprint density at radius 3 is 2.69 bits per heavy atom. The van der Waals surface area contributed by atoms with E-state index in [2.05, 4.69) is 32.7 Å². The number of benzene rings is 2. The first-order valence-corrected chi connectivity index (χ1v) is 12.4. The van der Waals surface area contributed by atoms with Gasteiger partial charge in [0.25, 0.3) is 0 Å². The molecule has 184 valence electrons. The first kappa shape index (κ1) is 25.0. The zero-order chi connectivity index (χ0) is 24.7. The van der Waals surface area contributed by atoms with Crippen LogP contribution in [-0.2, 0) is 25.8 Å². The summed E-state index contributed by atoms with van der Waals surface area (Å²) in [7, 11) is 0. The normalized spacial score (nSPS) is 11.8. The van der Waals surface area contributed by atoms with Gasteiger partial charge in [0.05, 0.1) is 4.70 Å². The molecular weight excluding hydrogens is 464 g/mol. The van der Waals surface area contributed by atoms with Crippen molar-refractivity contribution in [1.82, 2.24) is 20.6 Å². The van der Waals surface area contributed by atoms with Crippen LogP contribution >= 0.6 is 11.3 Å². The quantitative estimate of drug-likeness (QED) is 0.132. The minimum Gasteiger partial charge on any atom is -0.506 e. The van der Waals surface area contributed by atoms with Gasteiger partial charge in [0.15, 0.2) is 0 Å². The molecule has 9 heteroatoms. The molecule has 0 fully saturated rings. The Morgan fingerprint density at radius 1 is 1.00 bits per heavy atom. The summed E-state index contributed by atoms with van der Waals surface area (Å²) in [5, 5.41) is 37.1. The SMILES string of the molecule is O=c1[nH]c2c(O)ccc(CC(O)(O)NCCc3cccc(CNCCCc4ccccn4)c3)c2s1. The lowest BCUT2D eigenvalue weighted by Gasteiger charge is -2.23. The van der Waals surface area contributed by atoms with E-state index >= 15 is 0 Å². The van der Waals surface area contributed by atoms with Crippen molar-refractivity contribution in [2.75, 3.05) is 13.1 Å². The number of thiazole rings is 1. The Morgan fingerprint density at radius 2 is 1.86 bits per heavy atom. The predicted molar refractivity (Wildman–Crippen MR) is 137 cm³/mol. The van der Waals surface area contributed by atoms with Crippen molar-refractivity contribution in [1.29, 1.82) is 0 Å². The number of nitrogens with one attached hydrogen (secondary N) is 3. The van der Waals surface area contributed by atoms with E-state index in [4.69, 9.17) is 0 Å². The molecule has 0 spiro atoms. The third kappa shape index (κ3) is 7.20. The van der Waals surface area contributed by atoms with Crippen LogP contribution in [0.4, 0.5) is 0 Å². The molecule has 0 saturated carbocycles. The number of aliphatic hydroxyl groups is 2. The second-order valence-electron chi connectivity index (χ2n) is 8.55. The lowest BCUT2D eigenvalue weighted by Crippen LogP contribution is -2.47. The molecule has 0 bridgehead atoms. The molecule has 0 radical (unpaired) electrons. The highest BCUT2D eigenvalue weighted by Crippen LogP contribution is 2.29. The number of H-pyrrole nitrogens is 1. The fraction of sp³-hybridized carbons (Fsp3) is 0.308. The maximum Gasteiger partial charge on any atom is 0.305 e. The second-order valence-corrected chi connectivity index (χ2v) is 9.54. The summed E-state index contributed by atoms with van der Waals surface area (Å²) < 4.78 is 0.518. The van der Waals surface area contributed by atoms with Gasteiger partial charge in [0.2, 0.25) is 5.91 Å². The Balaban J connectivity index is 1.23. The number of pyridine rings is 1. The van der Waals surface area contributed by atoms with Gasteiger partial charge >= 0.3 is 4.87 Å². The Bertz CT molecular complexity index is 1300. The Hall–Kier alpha value is -3.08. The maximum atomic E-state index is 11.7. The standard InChI is InChI=1S/C26H30N4O4S/c31-22-10-9-20(24-23(22)30-25(32)35-24)16-26(33,34)29-14-11-18-5-3-6-19(15-18)17-27-12-4-8-21-7-1-2-13-28-21/h1-3,5-7,9-10,13,15,27,29,31,33-34H,4,8,11-12,14,16-17H2,(H,30,32). The second kappa shape index (κ2) is 11.6. The zero-order valence-electron chi connectivity index (χ0n) is 19.3. The van der Waals surface area contributed by atoms with E-state index < -0.39 is 5.91 Å². The van der Waals surface area contributed by atoms with E-state index in [1.807, 2.05) is 36.5 Å². The molecule has 2 aromatic carbocycles. The van der Waals surface area contributed by atoms with Crippen LogP contribution in [0, 0.1) is 0 Å². The van der Waals surface area contributed by atoms with Gasteiger partial charge in [0.1, 0.15) is 11.3 Å². The van der Waals surface area contributed by atoms with Crippen LogP contribution in [0.3, 0.4) is 0 Å². The molecule has 0 saturated heterocycles. The van der Waals surface area contributed by atoms with E-state index in [0.717, 1.165) is 48.5 Å². The smallest absolute Gasteiger partial charge is 0.305 e. The lowest BCUT2D eigenvalue weighted by atomic mass is 10.1. The van der Waals surface area contributed by atoms with E-state index in [9.17, 15) is 20.1 Å². The van der Waals surface area contributed by atoms with Crippen LogP contribution < -0.4 is 15.5 Å². The summed E-state index contributed by atoms with van der Waals surface area (Å²) in [6, 6.07) is 17.2. The van der Waals surface area contributed by atoms with Gasteiger partial charge in [-0.1, -0.05) is 47.7 Å². The summed E-state index contributed by atoms with van der Waals surface area (Å²) in [6.45, 7) is 2.03. The van der Waals surface area contributed by atoms with Gasteiger partial charge in [-0.05, 0) is 60.7 Å². The van der Waals surface area contributed by atoms with Crippen molar-refractivity contribution in [3.05, 3.63) is 92.8 Å². The summed E-state index contributed by atoms with van der Waals surface area (Å²) in [5.74, 6) is -2.19. The van der Waals surface area contributed by atoms with Crippen molar-refractivity contribution in [2.45, 2.75) is 38.1 Å². The molecular formula is C26H30N4O4S. The highest BCUT2D eigenvalue weighted by atomic mass is 32.1. The Kier molecular flexibility index (Phi) is 8.27. The van der Waals surface area contributed by atoms with Crippen LogP contribution in [0.15, 0.2) is 65.6 Å². The topological polar surface area (TPSA) is 130 Å². The molecule has 8 nitrogen and oxygen atoms in total. The summed E-state index contributed by atoms with van der Waals surface area (Å²) >= 11 is 0.934. The van der Waals surface area contributed by atoms with Crippen molar-refractivity contribution in [2.24, 2.45) is 0 Å². The van der Waals surface area contributed by atoms with Gasteiger partial charge in [-0.3, -0.25) is 15.1 Å². The number of aromatic nitrogens is 2. The predicted octanol–water partition coefficient (Wildman–Crippen LogP) is 2.43. The third-order valence-corrected chi connectivity index (χ3v) is 6.69. The van der Waals surface area contributed by atoms with Gasteiger partial charge in [-0.15, -0.1) is 0 Å². The molecule has 0 atom stereocenters.